The van der Waals surface area contributed by atoms with E-state index in [1.54, 1.807) is 4.68 Å². The van der Waals surface area contributed by atoms with Gasteiger partial charge < -0.3 is 5.32 Å². The minimum atomic E-state index is 0.549. The number of anilines is 1. The van der Waals surface area contributed by atoms with Gasteiger partial charge in [0.1, 0.15) is 0 Å². The molecule has 1 heterocycles. The SMILES string of the molecule is CC(C)c1ccc(CNc2nnnn2-c2ccccc2)cc1. The van der Waals surface area contributed by atoms with Crippen LogP contribution < -0.4 is 5.32 Å². The summed E-state index contributed by atoms with van der Waals surface area (Å²) in [7, 11) is 0. The Balaban J connectivity index is 1.71. The number of tetrazole rings is 1. The van der Waals surface area contributed by atoms with E-state index in [-0.39, 0.29) is 0 Å². The van der Waals surface area contributed by atoms with Crippen LogP contribution in [0, 0.1) is 0 Å². The van der Waals surface area contributed by atoms with Crippen LogP contribution >= 0.6 is 0 Å². The van der Waals surface area contributed by atoms with Crippen LogP contribution in [0.25, 0.3) is 5.69 Å². The molecular formula is C17H19N5. The first kappa shape index (κ1) is 14.3. The van der Waals surface area contributed by atoms with Gasteiger partial charge in [-0.05, 0) is 39.6 Å². The van der Waals surface area contributed by atoms with Crippen molar-refractivity contribution in [2.24, 2.45) is 0 Å². The average Bonchev–Trinajstić information content (AvgIpc) is 3.02. The molecule has 0 saturated carbocycles. The third kappa shape index (κ3) is 3.14. The zero-order chi connectivity index (χ0) is 15.4. The minimum absolute atomic E-state index is 0.549. The van der Waals surface area contributed by atoms with Gasteiger partial charge in [0.25, 0.3) is 0 Å². The van der Waals surface area contributed by atoms with Crippen molar-refractivity contribution < 1.29 is 0 Å². The molecule has 3 rings (SSSR count). The number of para-hydroxylation sites is 1. The monoisotopic (exact) mass is 293 g/mol. The molecule has 112 valence electrons. The number of hydrogen-bond donors (Lipinski definition) is 1. The molecule has 0 bridgehead atoms. The van der Waals surface area contributed by atoms with Gasteiger partial charge in [0.05, 0.1) is 5.69 Å². The summed E-state index contributed by atoms with van der Waals surface area (Å²) in [4.78, 5) is 0. The van der Waals surface area contributed by atoms with Gasteiger partial charge in [0, 0.05) is 6.54 Å². The Labute approximate surface area is 130 Å². The van der Waals surface area contributed by atoms with Crippen molar-refractivity contribution in [2.75, 3.05) is 5.32 Å². The van der Waals surface area contributed by atoms with Crippen molar-refractivity contribution in [1.82, 2.24) is 20.2 Å². The molecule has 3 aromatic rings. The van der Waals surface area contributed by atoms with E-state index in [1.165, 1.54) is 11.1 Å². The predicted molar refractivity (Wildman–Crippen MR) is 87.0 cm³/mol. The van der Waals surface area contributed by atoms with Gasteiger partial charge in [-0.15, -0.1) is 0 Å². The van der Waals surface area contributed by atoms with E-state index in [0.29, 0.717) is 18.4 Å². The van der Waals surface area contributed by atoms with Gasteiger partial charge in [-0.1, -0.05) is 61.4 Å². The number of hydrogen-bond acceptors (Lipinski definition) is 4. The van der Waals surface area contributed by atoms with Gasteiger partial charge >= 0.3 is 0 Å². The quantitative estimate of drug-likeness (QED) is 0.783. The number of aromatic nitrogens is 4. The standard InChI is InChI=1S/C17H19N5/c1-13(2)15-10-8-14(9-11-15)12-18-17-19-20-21-22(17)16-6-4-3-5-7-16/h3-11,13H,12H2,1-2H3,(H,18,19,21). The summed E-state index contributed by atoms with van der Waals surface area (Å²) >= 11 is 0. The van der Waals surface area contributed by atoms with E-state index in [2.05, 4.69) is 59.0 Å². The molecule has 0 unspecified atom stereocenters. The predicted octanol–water partition coefficient (Wildman–Crippen LogP) is 3.40. The van der Waals surface area contributed by atoms with Gasteiger partial charge in [-0.2, -0.15) is 4.68 Å². The van der Waals surface area contributed by atoms with Crippen LogP contribution in [0.3, 0.4) is 0 Å². The summed E-state index contributed by atoms with van der Waals surface area (Å²) < 4.78 is 1.70. The van der Waals surface area contributed by atoms with Crippen LogP contribution in [0.1, 0.15) is 30.9 Å². The highest BCUT2D eigenvalue weighted by Crippen LogP contribution is 2.16. The van der Waals surface area contributed by atoms with Crippen LogP contribution in [0.2, 0.25) is 0 Å². The molecule has 0 fully saturated rings. The van der Waals surface area contributed by atoms with Crippen LogP contribution in [0.5, 0.6) is 0 Å². The Morgan fingerprint density at radius 3 is 2.41 bits per heavy atom. The van der Waals surface area contributed by atoms with E-state index >= 15 is 0 Å². The molecule has 5 heteroatoms. The maximum Gasteiger partial charge on any atom is 0.248 e. The summed E-state index contributed by atoms with van der Waals surface area (Å²) in [6.07, 6.45) is 0. The molecule has 0 atom stereocenters. The second kappa shape index (κ2) is 6.39. The van der Waals surface area contributed by atoms with Gasteiger partial charge in [-0.3, -0.25) is 0 Å². The maximum absolute atomic E-state index is 4.04. The van der Waals surface area contributed by atoms with Gasteiger partial charge in [0.2, 0.25) is 5.95 Å². The Morgan fingerprint density at radius 2 is 1.73 bits per heavy atom. The van der Waals surface area contributed by atoms with E-state index in [0.717, 1.165) is 5.69 Å². The smallest absolute Gasteiger partial charge is 0.248 e. The van der Waals surface area contributed by atoms with E-state index in [1.807, 2.05) is 30.3 Å². The lowest BCUT2D eigenvalue weighted by Gasteiger charge is -2.09. The average molecular weight is 293 g/mol. The number of benzene rings is 2. The third-order valence-corrected chi connectivity index (χ3v) is 3.57. The molecule has 0 radical (unpaired) electrons. The summed E-state index contributed by atoms with van der Waals surface area (Å²) in [5.41, 5.74) is 3.48. The fourth-order valence-corrected chi connectivity index (χ4v) is 2.24. The van der Waals surface area contributed by atoms with E-state index < -0.39 is 0 Å². The normalized spacial score (nSPS) is 10.9. The van der Waals surface area contributed by atoms with Crippen molar-refractivity contribution >= 4 is 5.95 Å². The Morgan fingerprint density at radius 1 is 1.00 bits per heavy atom. The molecule has 0 aliphatic carbocycles. The highest BCUT2D eigenvalue weighted by Gasteiger charge is 2.07. The largest absolute Gasteiger partial charge is 0.349 e. The van der Waals surface area contributed by atoms with Crippen LogP contribution in [-0.2, 0) is 6.54 Å². The van der Waals surface area contributed by atoms with Crippen molar-refractivity contribution in [2.45, 2.75) is 26.3 Å². The first-order chi connectivity index (χ1) is 10.7. The molecule has 22 heavy (non-hydrogen) atoms. The molecule has 0 aliphatic heterocycles. The lowest BCUT2D eigenvalue weighted by molar-refractivity contribution is 0.789. The molecule has 5 nitrogen and oxygen atoms in total. The lowest BCUT2D eigenvalue weighted by Crippen LogP contribution is -2.07. The van der Waals surface area contributed by atoms with Crippen LogP contribution in [-0.4, -0.2) is 20.2 Å². The van der Waals surface area contributed by atoms with E-state index in [4.69, 9.17) is 0 Å². The van der Waals surface area contributed by atoms with Crippen molar-refractivity contribution in [3.05, 3.63) is 65.7 Å². The lowest BCUT2D eigenvalue weighted by atomic mass is 10.0. The second-order valence-corrected chi connectivity index (χ2v) is 5.50. The topological polar surface area (TPSA) is 55.6 Å². The molecular weight excluding hydrogens is 274 g/mol. The van der Waals surface area contributed by atoms with E-state index in [9.17, 15) is 0 Å². The zero-order valence-corrected chi connectivity index (χ0v) is 12.8. The zero-order valence-electron chi connectivity index (χ0n) is 12.8. The maximum atomic E-state index is 4.04. The summed E-state index contributed by atoms with van der Waals surface area (Å²) in [6, 6.07) is 18.5. The van der Waals surface area contributed by atoms with Gasteiger partial charge in [-0.25, -0.2) is 0 Å². The molecule has 0 saturated heterocycles. The van der Waals surface area contributed by atoms with Crippen molar-refractivity contribution in [3.8, 4) is 5.69 Å². The van der Waals surface area contributed by atoms with Gasteiger partial charge in [0.15, 0.2) is 0 Å². The summed E-state index contributed by atoms with van der Waals surface area (Å²) in [5, 5.41) is 15.1. The van der Waals surface area contributed by atoms with Crippen LogP contribution in [0.4, 0.5) is 5.95 Å². The number of nitrogens with one attached hydrogen (secondary N) is 1. The first-order valence-electron chi connectivity index (χ1n) is 7.40. The first-order valence-corrected chi connectivity index (χ1v) is 7.40. The summed E-state index contributed by atoms with van der Waals surface area (Å²) in [5.74, 6) is 1.19. The molecule has 0 spiro atoms. The molecule has 1 N–H and O–H groups in total. The Bertz CT molecular complexity index is 716. The number of nitrogens with zero attached hydrogens (tertiary/aromatic N) is 4. The fraction of sp³-hybridized carbons (Fsp3) is 0.235. The minimum Gasteiger partial charge on any atom is -0.349 e. The molecule has 1 aromatic heterocycles. The summed E-state index contributed by atoms with van der Waals surface area (Å²) in [6.45, 7) is 5.08. The highest BCUT2D eigenvalue weighted by atomic mass is 15.6. The van der Waals surface area contributed by atoms with Crippen molar-refractivity contribution in [3.63, 3.8) is 0 Å². The molecule has 2 aromatic carbocycles. The Hall–Kier alpha value is -2.69. The van der Waals surface area contributed by atoms with Crippen LogP contribution in [0.15, 0.2) is 54.6 Å². The fourth-order valence-electron chi connectivity index (χ4n) is 2.24. The Kier molecular flexibility index (Phi) is 4.14. The van der Waals surface area contributed by atoms with Crippen molar-refractivity contribution in [1.29, 1.82) is 0 Å². The second-order valence-electron chi connectivity index (χ2n) is 5.50. The molecule has 0 aliphatic rings. The number of rotatable bonds is 5. The highest BCUT2D eigenvalue weighted by molar-refractivity contribution is 5.39. The third-order valence-electron chi connectivity index (χ3n) is 3.57. The molecule has 0 amide bonds.